The van der Waals surface area contributed by atoms with Gasteiger partial charge in [0.15, 0.2) is 0 Å². The molecule has 3 nitrogen and oxygen atoms in total. The molecule has 1 fully saturated rings. The fraction of sp³-hybridized carbons (Fsp3) is 0.647. The van der Waals surface area contributed by atoms with Crippen molar-refractivity contribution in [3.8, 4) is 0 Å². The minimum Gasteiger partial charge on any atom is -0.367 e. The van der Waals surface area contributed by atoms with E-state index in [-0.39, 0.29) is 0 Å². The van der Waals surface area contributed by atoms with E-state index in [1.807, 2.05) is 7.05 Å². The number of hydrogen-bond acceptors (Lipinski definition) is 3. The van der Waals surface area contributed by atoms with E-state index in [2.05, 4.69) is 60.4 Å². The Hall–Kier alpha value is -1.06. The Balaban J connectivity index is 2.09. The van der Waals surface area contributed by atoms with E-state index >= 15 is 0 Å². The van der Waals surface area contributed by atoms with E-state index in [0.29, 0.717) is 12.1 Å². The van der Waals surface area contributed by atoms with Crippen LogP contribution in [0.15, 0.2) is 24.3 Å². The summed E-state index contributed by atoms with van der Waals surface area (Å²) in [5.74, 6) is 0. The zero-order valence-electron chi connectivity index (χ0n) is 13.4. The quantitative estimate of drug-likeness (QED) is 0.861. The van der Waals surface area contributed by atoms with E-state index < -0.39 is 0 Å². The molecule has 0 aliphatic carbocycles. The van der Waals surface area contributed by atoms with Gasteiger partial charge in [-0.2, -0.15) is 0 Å². The van der Waals surface area contributed by atoms with Gasteiger partial charge in [0.2, 0.25) is 0 Å². The molecule has 0 radical (unpaired) electrons. The summed E-state index contributed by atoms with van der Waals surface area (Å²) in [6, 6.07) is 10.3. The number of nitrogens with zero attached hydrogens (tertiary/aromatic N) is 2. The molecule has 1 aromatic carbocycles. The fourth-order valence-corrected chi connectivity index (χ4v) is 3.29. The standard InChI is InChI=1S/C17H29N3/c1-5-17(18-2)14-8-10-15(11-9-14)20-12-6-7-16(20)13-19(3)4/h8-11,16-18H,5-7,12-13H2,1-4H3. The third-order valence-electron chi connectivity index (χ3n) is 4.34. The van der Waals surface area contributed by atoms with Crippen molar-refractivity contribution in [2.45, 2.75) is 38.3 Å². The summed E-state index contributed by atoms with van der Waals surface area (Å²) in [7, 11) is 6.37. The minimum atomic E-state index is 0.472. The molecule has 0 amide bonds. The van der Waals surface area contributed by atoms with Crippen LogP contribution in [0.2, 0.25) is 0 Å². The number of likely N-dealkylation sites (N-methyl/N-ethyl adjacent to an activating group) is 1. The van der Waals surface area contributed by atoms with Crippen LogP contribution in [0.3, 0.4) is 0 Å². The predicted octanol–water partition coefficient (Wildman–Crippen LogP) is 2.89. The third-order valence-corrected chi connectivity index (χ3v) is 4.34. The summed E-state index contributed by atoms with van der Waals surface area (Å²) in [5, 5.41) is 3.37. The first kappa shape index (κ1) is 15.3. The fourth-order valence-electron chi connectivity index (χ4n) is 3.29. The lowest BCUT2D eigenvalue weighted by Crippen LogP contribution is -2.37. The molecule has 1 N–H and O–H groups in total. The number of anilines is 1. The van der Waals surface area contributed by atoms with Gasteiger partial charge < -0.3 is 15.1 Å². The molecule has 1 aliphatic heterocycles. The smallest absolute Gasteiger partial charge is 0.0417 e. The highest BCUT2D eigenvalue weighted by Crippen LogP contribution is 2.27. The minimum absolute atomic E-state index is 0.472. The maximum atomic E-state index is 3.37. The van der Waals surface area contributed by atoms with Gasteiger partial charge in [0.1, 0.15) is 0 Å². The second-order valence-corrected chi connectivity index (χ2v) is 6.09. The topological polar surface area (TPSA) is 18.5 Å². The van der Waals surface area contributed by atoms with Gasteiger partial charge in [-0.3, -0.25) is 0 Å². The van der Waals surface area contributed by atoms with Crippen molar-refractivity contribution in [1.82, 2.24) is 10.2 Å². The van der Waals surface area contributed by atoms with Crippen molar-refractivity contribution in [3.63, 3.8) is 0 Å². The molecular formula is C17H29N3. The molecule has 2 rings (SSSR count). The second-order valence-electron chi connectivity index (χ2n) is 6.09. The van der Waals surface area contributed by atoms with Crippen molar-refractivity contribution in [1.29, 1.82) is 0 Å². The Morgan fingerprint density at radius 2 is 2.00 bits per heavy atom. The molecule has 3 heteroatoms. The Kier molecular flexibility index (Phi) is 5.44. The predicted molar refractivity (Wildman–Crippen MR) is 87.5 cm³/mol. The Morgan fingerprint density at radius 1 is 1.30 bits per heavy atom. The molecule has 2 atom stereocenters. The van der Waals surface area contributed by atoms with Crippen LogP contribution in [0.25, 0.3) is 0 Å². The molecule has 0 spiro atoms. The lowest BCUT2D eigenvalue weighted by atomic mass is 10.0. The van der Waals surface area contributed by atoms with E-state index in [1.54, 1.807) is 0 Å². The maximum Gasteiger partial charge on any atom is 0.0417 e. The lowest BCUT2D eigenvalue weighted by Gasteiger charge is -2.29. The molecule has 2 unspecified atom stereocenters. The van der Waals surface area contributed by atoms with Gasteiger partial charge in [0.05, 0.1) is 0 Å². The molecule has 1 saturated heterocycles. The van der Waals surface area contributed by atoms with Crippen molar-refractivity contribution < 1.29 is 0 Å². The van der Waals surface area contributed by atoms with Crippen molar-refractivity contribution in [3.05, 3.63) is 29.8 Å². The summed E-state index contributed by atoms with van der Waals surface area (Å²) < 4.78 is 0. The van der Waals surface area contributed by atoms with Crippen LogP contribution in [-0.4, -0.2) is 45.2 Å². The molecule has 1 aromatic rings. The van der Waals surface area contributed by atoms with Gasteiger partial charge in [0, 0.05) is 30.9 Å². The first-order valence-electron chi connectivity index (χ1n) is 7.84. The van der Waals surface area contributed by atoms with E-state index in [0.717, 1.165) is 13.0 Å². The second kappa shape index (κ2) is 7.09. The summed E-state index contributed by atoms with van der Waals surface area (Å²) in [6.07, 6.45) is 3.76. The van der Waals surface area contributed by atoms with Gasteiger partial charge in [-0.25, -0.2) is 0 Å². The average molecular weight is 275 g/mol. The number of hydrogen-bond donors (Lipinski definition) is 1. The highest BCUT2D eigenvalue weighted by molar-refractivity contribution is 5.50. The van der Waals surface area contributed by atoms with Gasteiger partial charge in [0.25, 0.3) is 0 Å². The first-order chi connectivity index (χ1) is 9.65. The molecule has 0 bridgehead atoms. The largest absolute Gasteiger partial charge is 0.367 e. The Morgan fingerprint density at radius 3 is 2.55 bits per heavy atom. The number of rotatable bonds is 6. The van der Waals surface area contributed by atoms with Gasteiger partial charge >= 0.3 is 0 Å². The summed E-state index contributed by atoms with van der Waals surface area (Å²) >= 11 is 0. The molecule has 112 valence electrons. The summed E-state index contributed by atoms with van der Waals surface area (Å²) in [5.41, 5.74) is 2.77. The van der Waals surface area contributed by atoms with Crippen molar-refractivity contribution in [2.75, 3.05) is 39.1 Å². The van der Waals surface area contributed by atoms with Gasteiger partial charge in [-0.1, -0.05) is 19.1 Å². The zero-order chi connectivity index (χ0) is 14.5. The highest BCUT2D eigenvalue weighted by Gasteiger charge is 2.25. The van der Waals surface area contributed by atoms with Crippen LogP contribution in [0.5, 0.6) is 0 Å². The van der Waals surface area contributed by atoms with Crippen LogP contribution < -0.4 is 10.2 Å². The Labute approximate surface area is 124 Å². The van der Waals surface area contributed by atoms with Crippen LogP contribution in [0.1, 0.15) is 37.8 Å². The molecular weight excluding hydrogens is 246 g/mol. The lowest BCUT2D eigenvalue weighted by molar-refractivity contribution is 0.372. The molecule has 1 heterocycles. The number of nitrogens with one attached hydrogen (secondary N) is 1. The van der Waals surface area contributed by atoms with E-state index in [4.69, 9.17) is 0 Å². The summed E-state index contributed by atoms with van der Waals surface area (Å²) in [4.78, 5) is 4.87. The van der Waals surface area contributed by atoms with E-state index in [1.165, 1.54) is 30.6 Å². The third kappa shape index (κ3) is 3.53. The van der Waals surface area contributed by atoms with Crippen LogP contribution >= 0.6 is 0 Å². The van der Waals surface area contributed by atoms with Gasteiger partial charge in [-0.05, 0) is 58.1 Å². The zero-order valence-corrected chi connectivity index (χ0v) is 13.4. The monoisotopic (exact) mass is 275 g/mol. The van der Waals surface area contributed by atoms with E-state index in [9.17, 15) is 0 Å². The normalized spacial score (nSPS) is 20.6. The van der Waals surface area contributed by atoms with Crippen LogP contribution in [0.4, 0.5) is 5.69 Å². The average Bonchev–Trinajstić information content (AvgIpc) is 2.88. The molecule has 0 saturated carbocycles. The van der Waals surface area contributed by atoms with Crippen LogP contribution in [-0.2, 0) is 0 Å². The SMILES string of the molecule is CCC(NC)c1ccc(N2CCCC2CN(C)C)cc1. The first-order valence-corrected chi connectivity index (χ1v) is 7.84. The Bertz CT molecular complexity index is 395. The summed E-state index contributed by atoms with van der Waals surface area (Å²) in [6.45, 7) is 4.57. The maximum absolute atomic E-state index is 3.37. The molecule has 0 aromatic heterocycles. The molecule has 20 heavy (non-hydrogen) atoms. The number of benzene rings is 1. The highest BCUT2D eigenvalue weighted by atomic mass is 15.2. The van der Waals surface area contributed by atoms with Gasteiger partial charge in [-0.15, -0.1) is 0 Å². The van der Waals surface area contributed by atoms with Crippen molar-refractivity contribution in [2.24, 2.45) is 0 Å². The molecule has 1 aliphatic rings. The van der Waals surface area contributed by atoms with Crippen molar-refractivity contribution >= 4 is 5.69 Å². The van der Waals surface area contributed by atoms with Crippen LogP contribution in [0, 0.1) is 0 Å².